The molecule has 0 radical (unpaired) electrons. The first-order valence-corrected chi connectivity index (χ1v) is 6.60. The number of amides is 1. The van der Waals surface area contributed by atoms with Gasteiger partial charge >= 0.3 is 12.2 Å². The third-order valence-electron chi connectivity index (χ3n) is 2.81. The van der Waals surface area contributed by atoms with Crippen LogP contribution in [-0.2, 0) is 9.47 Å². The normalized spacial score (nSPS) is 9.86. The molecule has 0 spiro atoms. The largest absolute Gasteiger partial charge is 0.518 e. The van der Waals surface area contributed by atoms with Crippen molar-refractivity contribution in [2.45, 2.75) is 6.10 Å². The van der Waals surface area contributed by atoms with Gasteiger partial charge < -0.3 is 9.47 Å². The van der Waals surface area contributed by atoms with Crippen LogP contribution in [0, 0.1) is 0 Å². The standard InChI is InChI=1S/C17H15NO4/c1-2-18-16(19)22-17(20)21-15(13-9-5-3-6-10-13)14-11-7-4-8-12-14/h2-12,15H,1H2,(H,18,19). The molecule has 22 heavy (non-hydrogen) atoms. The van der Waals surface area contributed by atoms with Gasteiger partial charge in [0, 0.05) is 0 Å². The second-order valence-corrected chi connectivity index (χ2v) is 4.31. The lowest BCUT2D eigenvalue weighted by Crippen LogP contribution is -2.24. The van der Waals surface area contributed by atoms with Gasteiger partial charge in [-0.15, -0.1) is 0 Å². The van der Waals surface area contributed by atoms with Gasteiger partial charge in [-0.05, 0) is 17.3 Å². The summed E-state index contributed by atoms with van der Waals surface area (Å²) in [6.45, 7) is 3.30. The molecule has 0 heterocycles. The number of hydrogen-bond acceptors (Lipinski definition) is 4. The van der Waals surface area contributed by atoms with E-state index >= 15 is 0 Å². The van der Waals surface area contributed by atoms with Crippen LogP contribution in [-0.4, -0.2) is 12.2 Å². The Labute approximate surface area is 128 Å². The van der Waals surface area contributed by atoms with Crippen LogP contribution in [0.4, 0.5) is 9.59 Å². The van der Waals surface area contributed by atoms with E-state index in [1.165, 1.54) is 0 Å². The highest BCUT2D eigenvalue weighted by atomic mass is 16.7. The number of hydrogen-bond donors (Lipinski definition) is 1. The lowest BCUT2D eigenvalue weighted by molar-refractivity contribution is 0.0549. The molecule has 0 aromatic heterocycles. The number of ether oxygens (including phenoxy) is 2. The van der Waals surface area contributed by atoms with Gasteiger partial charge in [0.05, 0.1) is 0 Å². The van der Waals surface area contributed by atoms with Crippen LogP contribution in [0.2, 0.25) is 0 Å². The Bertz CT molecular complexity index is 601. The number of benzene rings is 2. The zero-order valence-corrected chi connectivity index (χ0v) is 11.8. The number of rotatable bonds is 4. The van der Waals surface area contributed by atoms with E-state index in [0.717, 1.165) is 17.3 Å². The molecule has 0 unspecified atom stereocenters. The summed E-state index contributed by atoms with van der Waals surface area (Å²) < 4.78 is 9.77. The maximum absolute atomic E-state index is 11.7. The smallest absolute Gasteiger partial charge is 0.421 e. The minimum absolute atomic E-state index is 0.661. The zero-order valence-electron chi connectivity index (χ0n) is 11.8. The van der Waals surface area contributed by atoms with E-state index in [1.807, 2.05) is 60.7 Å². The molecule has 0 aliphatic heterocycles. The molecule has 1 N–H and O–H groups in total. The Kier molecular flexibility index (Phi) is 5.31. The average molecular weight is 297 g/mol. The Morgan fingerprint density at radius 3 is 1.91 bits per heavy atom. The van der Waals surface area contributed by atoms with E-state index in [4.69, 9.17) is 4.74 Å². The molecule has 0 fully saturated rings. The molecule has 0 saturated heterocycles. The first-order valence-electron chi connectivity index (χ1n) is 6.60. The molecule has 0 aliphatic rings. The van der Waals surface area contributed by atoms with Crippen molar-refractivity contribution in [3.8, 4) is 0 Å². The molecular weight excluding hydrogens is 282 g/mol. The first-order chi connectivity index (χ1) is 10.7. The van der Waals surface area contributed by atoms with Gasteiger partial charge in [0.15, 0.2) is 6.10 Å². The van der Waals surface area contributed by atoms with Gasteiger partial charge in [-0.3, -0.25) is 5.32 Å². The van der Waals surface area contributed by atoms with Crippen LogP contribution in [0.25, 0.3) is 0 Å². The van der Waals surface area contributed by atoms with Crippen LogP contribution in [0.5, 0.6) is 0 Å². The third kappa shape index (κ3) is 4.21. The number of alkyl carbamates (subject to hydrolysis) is 1. The Hall–Kier alpha value is -3.08. The van der Waals surface area contributed by atoms with E-state index in [-0.39, 0.29) is 0 Å². The minimum Gasteiger partial charge on any atom is -0.421 e. The topological polar surface area (TPSA) is 64.6 Å². The monoisotopic (exact) mass is 297 g/mol. The maximum atomic E-state index is 11.7. The minimum atomic E-state index is -1.09. The summed E-state index contributed by atoms with van der Waals surface area (Å²) in [4.78, 5) is 22.9. The second-order valence-electron chi connectivity index (χ2n) is 4.31. The highest BCUT2D eigenvalue weighted by Gasteiger charge is 2.21. The van der Waals surface area contributed by atoms with Crippen LogP contribution in [0.1, 0.15) is 17.2 Å². The number of nitrogens with one attached hydrogen (secondary N) is 1. The maximum Gasteiger partial charge on any atom is 0.518 e. The molecule has 2 aromatic carbocycles. The summed E-state index contributed by atoms with van der Waals surface area (Å²) in [5.41, 5.74) is 1.55. The van der Waals surface area contributed by atoms with Gasteiger partial charge in [0.2, 0.25) is 0 Å². The summed E-state index contributed by atoms with van der Waals surface area (Å²) in [5.74, 6) is 0. The number of carbonyl (C=O) groups excluding carboxylic acids is 2. The summed E-state index contributed by atoms with van der Waals surface area (Å²) in [7, 11) is 0. The van der Waals surface area contributed by atoms with Crippen molar-refractivity contribution < 1.29 is 19.1 Å². The van der Waals surface area contributed by atoms with E-state index in [9.17, 15) is 9.59 Å². The highest BCUT2D eigenvalue weighted by molar-refractivity contribution is 5.81. The predicted octanol–water partition coefficient (Wildman–Crippen LogP) is 3.78. The van der Waals surface area contributed by atoms with E-state index in [1.54, 1.807) is 0 Å². The Morgan fingerprint density at radius 2 is 1.45 bits per heavy atom. The molecule has 0 saturated carbocycles. The van der Waals surface area contributed by atoms with Gasteiger partial charge in [-0.2, -0.15) is 0 Å². The van der Waals surface area contributed by atoms with E-state index in [0.29, 0.717) is 0 Å². The average Bonchev–Trinajstić information content (AvgIpc) is 2.54. The summed E-state index contributed by atoms with van der Waals surface area (Å²) in [5, 5.41) is 2.13. The molecule has 5 heteroatoms. The van der Waals surface area contributed by atoms with Crippen LogP contribution < -0.4 is 5.32 Å². The Morgan fingerprint density at radius 1 is 0.955 bits per heavy atom. The second kappa shape index (κ2) is 7.64. The molecule has 0 atom stereocenters. The predicted molar refractivity (Wildman–Crippen MR) is 81.0 cm³/mol. The van der Waals surface area contributed by atoms with Crippen molar-refractivity contribution in [1.82, 2.24) is 5.32 Å². The number of carbonyl (C=O) groups is 2. The SMILES string of the molecule is C=CNC(=O)OC(=O)OC(c1ccccc1)c1ccccc1. The van der Waals surface area contributed by atoms with Crippen LogP contribution >= 0.6 is 0 Å². The lowest BCUT2D eigenvalue weighted by Gasteiger charge is -2.18. The first kappa shape index (κ1) is 15.3. The van der Waals surface area contributed by atoms with Crippen molar-refractivity contribution in [2.24, 2.45) is 0 Å². The zero-order chi connectivity index (χ0) is 15.8. The van der Waals surface area contributed by atoms with E-state index < -0.39 is 18.4 Å². The molecule has 5 nitrogen and oxygen atoms in total. The van der Waals surface area contributed by atoms with Crippen molar-refractivity contribution in [2.75, 3.05) is 0 Å². The molecule has 2 rings (SSSR count). The Balaban J connectivity index is 2.17. The highest BCUT2D eigenvalue weighted by Crippen LogP contribution is 2.26. The molecule has 112 valence electrons. The van der Waals surface area contributed by atoms with Gasteiger partial charge in [-0.1, -0.05) is 67.2 Å². The molecule has 1 amide bonds. The molecule has 0 aliphatic carbocycles. The summed E-state index contributed by atoms with van der Waals surface area (Å²) >= 11 is 0. The summed E-state index contributed by atoms with van der Waals surface area (Å²) in [6.07, 6.45) is -1.58. The van der Waals surface area contributed by atoms with E-state index in [2.05, 4.69) is 16.6 Å². The van der Waals surface area contributed by atoms with Crippen molar-refractivity contribution in [1.29, 1.82) is 0 Å². The fourth-order valence-electron chi connectivity index (χ4n) is 1.89. The van der Waals surface area contributed by atoms with Gasteiger partial charge in [-0.25, -0.2) is 9.59 Å². The third-order valence-corrected chi connectivity index (χ3v) is 2.81. The van der Waals surface area contributed by atoms with Crippen LogP contribution in [0.3, 0.4) is 0 Å². The van der Waals surface area contributed by atoms with Gasteiger partial charge in [0.25, 0.3) is 0 Å². The van der Waals surface area contributed by atoms with Crippen molar-refractivity contribution >= 4 is 12.2 Å². The summed E-state index contributed by atoms with van der Waals surface area (Å²) in [6, 6.07) is 18.4. The molecule has 2 aromatic rings. The lowest BCUT2D eigenvalue weighted by atomic mass is 10.0. The van der Waals surface area contributed by atoms with Gasteiger partial charge in [0.1, 0.15) is 0 Å². The fraction of sp³-hybridized carbons (Fsp3) is 0.0588. The quantitative estimate of drug-likeness (QED) is 0.689. The van der Waals surface area contributed by atoms with Crippen molar-refractivity contribution in [3.63, 3.8) is 0 Å². The van der Waals surface area contributed by atoms with Crippen LogP contribution in [0.15, 0.2) is 73.4 Å². The fourth-order valence-corrected chi connectivity index (χ4v) is 1.89. The molecule has 0 bridgehead atoms. The molecular formula is C17H15NO4. The van der Waals surface area contributed by atoms with Crippen molar-refractivity contribution in [3.05, 3.63) is 84.6 Å².